The molecule has 1 aromatic carbocycles. The number of amides is 2. The van der Waals surface area contributed by atoms with Gasteiger partial charge >= 0.3 is 5.97 Å². The van der Waals surface area contributed by atoms with E-state index in [9.17, 15) is 14.4 Å². The molecular formula is C20H28N2O4S. The van der Waals surface area contributed by atoms with Gasteiger partial charge in [0, 0.05) is 31.3 Å². The van der Waals surface area contributed by atoms with E-state index in [1.807, 2.05) is 24.3 Å². The zero-order chi connectivity index (χ0) is 20.2. The molecule has 0 saturated carbocycles. The lowest BCUT2D eigenvalue weighted by molar-refractivity contribution is -0.138. The second-order valence-corrected chi connectivity index (χ2v) is 8.87. The van der Waals surface area contributed by atoms with E-state index in [4.69, 9.17) is 5.11 Å². The molecule has 1 fully saturated rings. The molecule has 1 aliphatic rings. The molecule has 0 aliphatic carbocycles. The van der Waals surface area contributed by atoms with Crippen LogP contribution < -0.4 is 0 Å². The van der Waals surface area contributed by atoms with Crippen LogP contribution in [0.1, 0.15) is 49.5 Å². The number of carbonyl (C=O) groups is 3. The molecule has 0 aromatic heterocycles. The minimum absolute atomic E-state index is 0.0161. The lowest BCUT2D eigenvalue weighted by Gasteiger charge is -2.27. The number of aliphatic carboxylic acids is 1. The van der Waals surface area contributed by atoms with E-state index in [1.54, 1.807) is 23.7 Å². The fourth-order valence-corrected chi connectivity index (χ4v) is 4.10. The number of thioether (sulfide) groups is 1. The van der Waals surface area contributed by atoms with Gasteiger partial charge in [0.15, 0.2) is 0 Å². The average molecular weight is 393 g/mol. The highest BCUT2D eigenvalue weighted by atomic mass is 32.2. The molecule has 1 N–H and O–H groups in total. The van der Waals surface area contributed by atoms with E-state index in [0.29, 0.717) is 30.2 Å². The van der Waals surface area contributed by atoms with Crippen LogP contribution in [-0.2, 0) is 15.0 Å². The van der Waals surface area contributed by atoms with Crippen molar-refractivity contribution in [3.8, 4) is 0 Å². The van der Waals surface area contributed by atoms with Gasteiger partial charge in [-0.15, -0.1) is 11.8 Å². The first-order valence-corrected chi connectivity index (χ1v) is 10.2. The third-order valence-electron chi connectivity index (χ3n) is 4.69. The molecule has 0 spiro atoms. The number of rotatable bonds is 6. The molecule has 27 heavy (non-hydrogen) atoms. The highest BCUT2D eigenvalue weighted by Gasteiger charge is 2.36. The predicted octanol–water partition coefficient (Wildman–Crippen LogP) is 2.82. The molecule has 2 amide bonds. The topological polar surface area (TPSA) is 77.9 Å². The van der Waals surface area contributed by atoms with Gasteiger partial charge in [0.2, 0.25) is 5.91 Å². The Morgan fingerprint density at radius 3 is 2.41 bits per heavy atom. The van der Waals surface area contributed by atoms with Crippen molar-refractivity contribution < 1.29 is 19.5 Å². The van der Waals surface area contributed by atoms with Gasteiger partial charge in [0.25, 0.3) is 5.91 Å². The summed E-state index contributed by atoms with van der Waals surface area (Å²) >= 11 is 1.56. The van der Waals surface area contributed by atoms with Gasteiger partial charge in [-0.1, -0.05) is 32.9 Å². The summed E-state index contributed by atoms with van der Waals surface area (Å²) in [6.07, 6.45) is 0.430. The summed E-state index contributed by atoms with van der Waals surface area (Å²) in [5.41, 5.74) is 1.75. The molecule has 0 radical (unpaired) electrons. The summed E-state index contributed by atoms with van der Waals surface area (Å²) in [6, 6.07) is 7.07. The lowest BCUT2D eigenvalue weighted by atomic mass is 9.86. The van der Waals surface area contributed by atoms with Crippen LogP contribution in [0.3, 0.4) is 0 Å². The van der Waals surface area contributed by atoms with Crippen LogP contribution in [0.2, 0.25) is 0 Å². The first kappa shape index (κ1) is 21.3. The van der Waals surface area contributed by atoms with Crippen molar-refractivity contribution in [3.05, 3.63) is 35.4 Å². The third-order valence-corrected chi connectivity index (χ3v) is 5.70. The Morgan fingerprint density at radius 1 is 1.22 bits per heavy atom. The van der Waals surface area contributed by atoms with E-state index in [2.05, 4.69) is 20.8 Å². The maximum absolute atomic E-state index is 12.9. The summed E-state index contributed by atoms with van der Waals surface area (Å²) in [5, 5.41) is 8.73. The molecule has 1 aromatic rings. The number of hydrogen-bond donors (Lipinski definition) is 1. The van der Waals surface area contributed by atoms with Crippen LogP contribution in [0.5, 0.6) is 0 Å². The first-order valence-electron chi connectivity index (χ1n) is 9.07. The highest BCUT2D eigenvalue weighted by molar-refractivity contribution is 7.99. The Bertz CT molecular complexity index is 697. The Kier molecular flexibility index (Phi) is 6.92. The van der Waals surface area contributed by atoms with Crippen LogP contribution >= 0.6 is 11.8 Å². The smallest absolute Gasteiger partial charge is 0.303 e. The zero-order valence-electron chi connectivity index (χ0n) is 16.4. The molecule has 148 valence electrons. The summed E-state index contributed by atoms with van der Waals surface area (Å²) in [5.74, 6) is -0.0989. The number of nitrogens with zero attached hydrogens (tertiary/aromatic N) is 2. The van der Waals surface area contributed by atoms with Crippen molar-refractivity contribution in [2.75, 3.05) is 25.2 Å². The van der Waals surface area contributed by atoms with Crippen molar-refractivity contribution in [1.82, 2.24) is 9.80 Å². The van der Waals surface area contributed by atoms with Crippen molar-refractivity contribution >= 4 is 29.5 Å². The Labute approximate surface area is 164 Å². The van der Waals surface area contributed by atoms with Crippen molar-refractivity contribution in [2.45, 2.75) is 45.1 Å². The van der Waals surface area contributed by atoms with Gasteiger partial charge in [-0.2, -0.15) is 0 Å². The highest BCUT2D eigenvalue weighted by Crippen LogP contribution is 2.26. The van der Waals surface area contributed by atoms with E-state index < -0.39 is 12.0 Å². The van der Waals surface area contributed by atoms with E-state index >= 15 is 0 Å². The SMILES string of the molecule is CN(CCCC(=O)O)C(=O)C1CSCN1C(=O)c1ccc(C(C)(C)C)cc1. The Morgan fingerprint density at radius 2 is 1.85 bits per heavy atom. The first-order chi connectivity index (χ1) is 12.6. The van der Waals surface area contributed by atoms with Gasteiger partial charge in [0.05, 0.1) is 5.88 Å². The number of carboxylic acids is 1. The number of carbonyl (C=O) groups excluding carboxylic acids is 2. The predicted molar refractivity (Wildman–Crippen MR) is 107 cm³/mol. The van der Waals surface area contributed by atoms with Crippen LogP contribution in [0, 0.1) is 0 Å². The van der Waals surface area contributed by atoms with E-state index in [-0.39, 0.29) is 23.7 Å². The van der Waals surface area contributed by atoms with Crippen LogP contribution in [-0.4, -0.2) is 64.0 Å². The van der Waals surface area contributed by atoms with E-state index in [0.717, 1.165) is 5.56 Å². The maximum Gasteiger partial charge on any atom is 0.303 e. The quantitative estimate of drug-likeness (QED) is 0.805. The minimum Gasteiger partial charge on any atom is -0.481 e. The average Bonchev–Trinajstić information content (AvgIpc) is 3.09. The van der Waals surface area contributed by atoms with Crippen molar-refractivity contribution in [1.29, 1.82) is 0 Å². The number of benzene rings is 1. The molecule has 6 nitrogen and oxygen atoms in total. The van der Waals surface area contributed by atoms with Gasteiger partial charge in [-0.3, -0.25) is 14.4 Å². The van der Waals surface area contributed by atoms with Gasteiger partial charge in [0.1, 0.15) is 6.04 Å². The van der Waals surface area contributed by atoms with Gasteiger partial charge in [-0.25, -0.2) is 0 Å². The third kappa shape index (κ3) is 5.48. The second-order valence-electron chi connectivity index (χ2n) is 7.88. The Balaban J connectivity index is 2.05. The summed E-state index contributed by atoms with van der Waals surface area (Å²) in [6.45, 7) is 6.73. The number of likely N-dealkylation sites (N-methyl/N-ethyl adjacent to an activating group) is 1. The molecule has 1 aliphatic heterocycles. The van der Waals surface area contributed by atoms with Gasteiger partial charge < -0.3 is 14.9 Å². The monoisotopic (exact) mass is 392 g/mol. The second kappa shape index (κ2) is 8.78. The summed E-state index contributed by atoms with van der Waals surface area (Å²) in [4.78, 5) is 39.4. The summed E-state index contributed by atoms with van der Waals surface area (Å²) < 4.78 is 0. The normalized spacial score (nSPS) is 17.0. The van der Waals surface area contributed by atoms with Gasteiger partial charge in [-0.05, 0) is 29.5 Å². The molecule has 2 rings (SSSR count). The number of hydrogen-bond acceptors (Lipinski definition) is 4. The van der Waals surface area contributed by atoms with Crippen molar-refractivity contribution in [2.24, 2.45) is 0 Å². The van der Waals surface area contributed by atoms with Crippen LogP contribution in [0.25, 0.3) is 0 Å². The van der Waals surface area contributed by atoms with Crippen molar-refractivity contribution in [3.63, 3.8) is 0 Å². The molecular weight excluding hydrogens is 364 g/mol. The zero-order valence-corrected chi connectivity index (χ0v) is 17.2. The largest absolute Gasteiger partial charge is 0.481 e. The fraction of sp³-hybridized carbons (Fsp3) is 0.550. The molecule has 0 bridgehead atoms. The molecule has 7 heteroatoms. The van der Waals surface area contributed by atoms with Crippen LogP contribution in [0.15, 0.2) is 24.3 Å². The fourth-order valence-electron chi connectivity index (χ4n) is 2.96. The molecule has 1 atom stereocenters. The summed E-state index contributed by atoms with van der Waals surface area (Å²) in [7, 11) is 1.66. The molecule has 1 heterocycles. The lowest BCUT2D eigenvalue weighted by Crippen LogP contribution is -2.48. The minimum atomic E-state index is -0.872. The molecule has 1 saturated heterocycles. The number of carboxylic acid groups (broad SMARTS) is 1. The standard InChI is InChI=1S/C20H28N2O4S/c1-20(2,3)15-9-7-14(8-10-15)18(25)22-13-27-12-16(22)19(26)21(4)11-5-6-17(23)24/h7-10,16H,5-6,11-13H2,1-4H3,(H,23,24). The Hall–Kier alpha value is -2.02. The molecule has 1 unspecified atom stereocenters. The van der Waals surface area contributed by atoms with Crippen LogP contribution in [0.4, 0.5) is 0 Å². The van der Waals surface area contributed by atoms with E-state index in [1.165, 1.54) is 4.90 Å². The maximum atomic E-state index is 12.9.